The van der Waals surface area contributed by atoms with Crippen LogP contribution >= 0.6 is 0 Å². The van der Waals surface area contributed by atoms with Crippen LogP contribution in [0.1, 0.15) is 46.7 Å². The molecule has 0 fully saturated rings. The molecule has 1 heterocycles. The van der Waals surface area contributed by atoms with Gasteiger partial charge in [-0.05, 0) is 18.9 Å². The number of non-ortho nitro benzene ring substituents is 1. The first-order chi connectivity index (χ1) is 14.0. The molecule has 0 amide bonds. The first kappa shape index (κ1) is 17.5. The number of rotatable bonds is 2. The summed E-state index contributed by atoms with van der Waals surface area (Å²) in [5, 5.41) is 21.9. The number of phenolic OH excluding ortho intramolecular Hbond substituents is 1. The normalized spacial score (nSPS) is 22.7. The van der Waals surface area contributed by atoms with Gasteiger partial charge in [0.15, 0.2) is 11.6 Å². The number of nitrogens with zero attached hydrogens (tertiary/aromatic N) is 2. The molecule has 144 valence electrons. The smallest absolute Gasteiger partial charge is 0.269 e. The second kappa shape index (κ2) is 6.20. The predicted molar refractivity (Wildman–Crippen MR) is 104 cm³/mol. The van der Waals surface area contributed by atoms with Crippen LogP contribution in [0.3, 0.4) is 0 Å². The number of phenols is 1. The first-order valence-corrected chi connectivity index (χ1v) is 9.43. The number of nitro groups is 1. The molecule has 0 unspecified atom stereocenters. The Hall–Kier alpha value is -3.61. The number of carbonyl (C=O) groups excluding carboxylic acids is 2. The second-order valence-electron chi connectivity index (χ2n) is 7.50. The van der Waals surface area contributed by atoms with Gasteiger partial charge in [-0.2, -0.15) is 0 Å². The van der Waals surface area contributed by atoms with Gasteiger partial charge >= 0.3 is 0 Å². The lowest BCUT2D eigenvalue weighted by molar-refractivity contribution is -0.385. The van der Waals surface area contributed by atoms with Crippen molar-refractivity contribution in [1.82, 2.24) is 0 Å². The van der Waals surface area contributed by atoms with Crippen LogP contribution in [-0.2, 0) is 4.79 Å². The van der Waals surface area contributed by atoms with E-state index >= 15 is 0 Å². The highest BCUT2D eigenvalue weighted by Gasteiger charge is 2.49. The van der Waals surface area contributed by atoms with Gasteiger partial charge < -0.3 is 5.11 Å². The maximum atomic E-state index is 13.3. The zero-order valence-electron chi connectivity index (χ0n) is 15.3. The summed E-state index contributed by atoms with van der Waals surface area (Å²) in [7, 11) is 0. The lowest BCUT2D eigenvalue weighted by Gasteiger charge is -2.33. The van der Waals surface area contributed by atoms with Crippen molar-refractivity contribution in [2.24, 2.45) is 10.9 Å². The lowest BCUT2D eigenvalue weighted by Crippen LogP contribution is -2.33. The third kappa shape index (κ3) is 2.47. The fraction of sp³-hybridized carbons (Fsp3) is 0.227. The van der Waals surface area contributed by atoms with E-state index in [0.29, 0.717) is 41.8 Å². The largest absolute Gasteiger partial charge is 0.508 e. The van der Waals surface area contributed by atoms with E-state index in [1.165, 1.54) is 18.2 Å². The number of aliphatic imine (C=N–C) groups is 1. The number of hydrogen-bond donors (Lipinski definition) is 1. The number of aromatic hydroxyl groups is 1. The molecule has 5 rings (SSSR count). The lowest BCUT2D eigenvalue weighted by atomic mass is 9.71. The number of hydrogen-bond acceptors (Lipinski definition) is 6. The average Bonchev–Trinajstić information content (AvgIpc) is 2.99. The Morgan fingerprint density at radius 2 is 1.79 bits per heavy atom. The minimum Gasteiger partial charge on any atom is -0.508 e. The van der Waals surface area contributed by atoms with Crippen LogP contribution in [0.25, 0.3) is 0 Å². The van der Waals surface area contributed by atoms with Crippen molar-refractivity contribution in [3.63, 3.8) is 0 Å². The van der Waals surface area contributed by atoms with Crippen molar-refractivity contribution in [2.75, 3.05) is 0 Å². The van der Waals surface area contributed by atoms with Crippen molar-refractivity contribution in [3.05, 3.63) is 80.5 Å². The minimum atomic E-state index is -0.787. The molecule has 0 radical (unpaired) electrons. The Morgan fingerprint density at radius 1 is 1.03 bits per heavy atom. The van der Waals surface area contributed by atoms with Crippen molar-refractivity contribution in [2.45, 2.75) is 25.2 Å². The third-order valence-corrected chi connectivity index (χ3v) is 5.93. The summed E-state index contributed by atoms with van der Waals surface area (Å²) in [4.78, 5) is 41.6. The molecule has 7 heteroatoms. The van der Waals surface area contributed by atoms with Crippen LogP contribution in [0.5, 0.6) is 5.75 Å². The standard InChI is InChI=1S/C22H16N2O5/c25-16-9-8-11(24(28)29)10-14(16)18-19-15(6-3-7-17(19)26)23-21-12-4-1-2-5-13(12)22(27)20(18)21/h1-2,4-5,8-10,18,20,25H,3,6-7H2/t18-,20+/m0/s1. The average molecular weight is 388 g/mol. The summed E-state index contributed by atoms with van der Waals surface area (Å²) < 4.78 is 0. The van der Waals surface area contributed by atoms with Gasteiger partial charge in [-0.1, -0.05) is 24.3 Å². The number of allylic oxidation sites excluding steroid dienone is 2. The monoisotopic (exact) mass is 388 g/mol. The van der Waals surface area contributed by atoms with Gasteiger partial charge in [0.25, 0.3) is 5.69 Å². The fourth-order valence-electron chi connectivity index (χ4n) is 4.69. The molecule has 0 aromatic heterocycles. The summed E-state index contributed by atoms with van der Waals surface area (Å²) >= 11 is 0. The van der Waals surface area contributed by atoms with E-state index in [1.54, 1.807) is 12.1 Å². The van der Waals surface area contributed by atoms with E-state index in [0.717, 1.165) is 5.56 Å². The number of carbonyl (C=O) groups is 2. The van der Waals surface area contributed by atoms with Crippen LogP contribution in [0.2, 0.25) is 0 Å². The highest BCUT2D eigenvalue weighted by atomic mass is 16.6. The Kier molecular flexibility index (Phi) is 3.74. The topological polar surface area (TPSA) is 110 Å². The summed E-state index contributed by atoms with van der Waals surface area (Å²) in [5.41, 5.74) is 2.88. The van der Waals surface area contributed by atoms with E-state index in [1.807, 2.05) is 12.1 Å². The van der Waals surface area contributed by atoms with Gasteiger partial charge in [0, 0.05) is 52.4 Å². The van der Waals surface area contributed by atoms with Crippen LogP contribution in [-0.4, -0.2) is 27.3 Å². The molecule has 0 spiro atoms. The molecule has 1 aliphatic heterocycles. The zero-order chi connectivity index (χ0) is 20.3. The molecule has 0 bridgehead atoms. The Morgan fingerprint density at radius 3 is 2.55 bits per heavy atom. The van der Waals surface area contributed by atoms with Crippen LogP contribution in [0.15, 0.2) is 58.7 Å². The molecular weight excluding hydrogens is 372 g/mol. The van der Waals surface area contributed by atoms with Gasteiger partial charge in [0.2, 0.25) is 0 Å². The van der Waals surface area contributed by atoms with E-state index in [4.69, 9.17) is 4.99 Å². The van der Waals surface area contributed by atoms with Crippen molar-refractivity contribution >= 4 is 23.0 Å². The van der Waals surface area contributed by atoms with Crippen molar-refractivity contribution in [1.29, 1.82) is 0 Å². The van der Waals surface area contributed by atoms with Crippen LogP contribution in [0, 0.1) is 16.0 Å². The summed E-state index contributed by atoms with van der Waals surface area (Å²) in [6.07, 6.45) is 1.60. The predicted octanol–water partition coefficient (Wildman–Crippen LogP) is 3.71. The van der Waals surface area contributed by atoms with Gasteiger partial charge in [0.1, 0.15) is 5.75 Å². The van der Waals surface area contributed by atoms with E-state index in [-0.39, 0.29) is 28.6 Å². The maximum Gasteiger partial charge on any atom is 0.269 e. The fourth-order valence-corrected chi connectivity index (χ4v) is 4.69. The molecule has 1 N–H and O–H groups in total. The van der Waals surface area contributed by atoms with Crippen molar-refractivity contribution < 1.29 is 19.6 Å². The highest BCUT2D eigenvalue weighted by Crippen LogP contribution is 2.50. The number of Topliss-reactive ketones (excluding diaryl/α,β-unsaturated/α-hetero) is 2. The van der Waals surface area contributed by atoms with Gasteiger partial charge in [-0.3, -0.25) is 24.7 Å². The van der Waals surface area contributed by atoms with E-state index < -0.39 is 16.8 Å². The quantitative estimate of drug-likeness (QED) is 0.623. The minimum absolute atomic E-state index is 0.117. The third-order valence-electron chi connectivity index (χ3n) is 5.93. The number of ketones is 2. The summed E-state index contributed by atoms with van der Waals surface area (Å²) in [5.74, 6) is -2.03. The molecule has 0 saturated heterocycles. The molecule has 2 atom stereocenters. The summed E-state index contributed by atoms with van der Waals surface area (Å²) in [6, 6.07) is 10.9. The Balaban J connectivity index is 1.79. The summed E-state index contributed by atoms with van der Waals surface area (Å²) in [6.45, 7) is 0. The molecule has 0 saturated carbocycles. The molecule has 3 aliphatic rings. The van der Waals surface area contributed by atoms with E-state index in [9.17, 15) is 24.8 Å². The zero-order valence-corrected chi connectivity index (χ0v) is 15.3. The second-order valence-corrected chi connectivity index (χ2v) is 7.50. The van der Waals surface area contributed by atoms with Crippen LogP contribution in [0.4, 0.5) is 5.69 Å². The molecule has 2 aliphatic carbocycles. The number of nitro benzene ring substituents is 1. The number of benzene rings is 2. The van der Waals surface area contributed by atoms with E-state index in [2.05, 4.69) is 0 Å². The molecule has 7 nitrogen and oxygen atoms in total. The van der Waals surface area contributed by atoms with Gasteiger partial charge in [-0.25, -0.2) is 0 Å². The number of fused-ring (bicyclic) bond motifs is 3. The maximum absolute atomic E-state index is 13.3. The first-order valence-electron chi connectivity index (χ1n) is 9.43. The van der Waals surface area contributed by atoms with Crippen molar-refractivity contribution in [3.8, 4) is 5.75 Å². The Labute approximate surface area is 165 Å². The van der Waals surface area contributed by atoms with Crippen LogP contribution < -0.4 is 0 Å². The SMILES string of the molecule is O=C1CCCC2=C1[C@H](c1cc([N+](=O)[O-])ccc1O)[C@H]1C(=O)c3ccccc3C1=N2. The molecule has 2 aromatic rings. The molecular formula is C22H16N2O5. The van der Waals surface area contributed by atoms with Gasteiger partial charge in [-0.15, -0.1) is 0 Å². The molecule has 29 heavy (non-hydrogen) atoms. The molecule has 2 aromatic carbocycles. The highest BCUT2D eigenvalue weighted by molar-refractivity contribution is 6.30. The Bertz CT molecular complexity index is 1180. The van der Waals surface area contributed by atoms with Gasteiger partial charge in [0.05, 0.1) is 16.6 Å².